The number of hydrogen-bond acceptors (Lipinski definition) is 2. The average molecular weight is 240 g/mol. The number of rotatable bonds is 1. The minimum absolute atomic E-state index is 0.490. The highest BCUT2D eigenvalue weighted by Gasteiger charge is 2.24. The lowest BCUT2D eigenvalue weighted by Crippen LogP contribution is -2.27. The van der Waals surface area contributed by atoms with Gasteiger partial charge >= 0.3 is 0 Å². The molecule has 0 N–H and O–H groups in total. The van der Waals surface area contributed by atoms with Gasteiger partial charge < -0.3 is 9.47 Å². The van der Waals surface area contributed by atoms with Crippen LogP contribution in [0.4, 0.5) is 0 Å². The maximum Gasteiger partial charge on any atom is 0.241 e. The van der Waals surface area contributed by atoms with E-state index in [1.165, 1.54) is 0 Å². The lowest BCUT2D eigenvalue weighted by Gasteiger charge is -2.25. The van der Waals surface area contributed by atoms with E-state index in [1.807, 2.05) is 6.08 Å². The number of ether oxygens (including phenoxy) is 2. The topological polar surface area (TPSA) is 18.5 Å². The molecule has 1 aliphatic heterocycles. The Morgan fingerprint density at radius 3 is 2.89 bits per heavy atom. The molecule has 2 nitrogen and oxygen atoms in total. The SMILES string of the molecule is COC1(I)C=CCCO1. The van der Waals surface area contributed by atoms with Crippen LogP contribution in [0.25, 0.3) is 0 Å². The molecule has 0 aromatic rings. The zero-order valence-corrected chi connectivity index (χ0v) is 7.42. The van der Waals surface area contributed by atoms with Crippen LogP contribution in [0.15, 0.2) is 12.2 Å². The normalized spacial score (nSPS) is 34.9. The highest BCUT2D eigenvalue weighted by Crippen LogP contribution is 2.26. The number of halogens is 1. The first-order chi connectivity index (χ1) is 4.27. The Bertz CT molecular complexity index is 124. The summed E-state index contributed by atoms with van der Waals surface area (Å²) in [6, 6.07) is 0. The lowest BCUT2D eigenvalue weighted by molar-refractivity contribution is -0.109. The van der Waals surface area contributed by atoms with Crippen molar-refractivity contribution in [3.8, 4) is 0 Å². The fraction of sp³-hybridized carbons (Fsp3) is 0.667. The van der Waals surface area contributed by atoms with Crippen molar-refractivity contribution in [2.24, 2.45) is 0 Å². The fourth-order valence-corrected chi connectivity index (χ4v) is 1.14. The average Bonchev–Trinajstić information content (AvgIpc) is 1.90. The van der Waals surface area contributed by atoms with Crippen LogP contribution in [0.1, 0.15) is 6.42 Å². The first kappa shape index (κ1) is 7.50. The molecule has 0 aromatic heterocycles. The predicted molar refractivity (Wildman–Crippen MR) is 43.5 cm³/mol. The van der Waals surface area contributed by atoms with Gasteiger partial charge in [0, 0.05) is 7.11 Å². The Morgan fingerprint density at radius 2 is 2.56 bits per heavy atom. The standard InChI is InChI=1S/C6H9IO2/c1-8-6(7)4-2-3-5-9-6/h2,4H,3,5H2,1H3. The molecule has 1 heterocycles. The minimum atomic E-state index is -0.490. The molecule has 1 aliphatic rings. The Labute approximate surface area is 68.4 Å². The lowest BCUT2D eigenvalue weighted by atomic mass is 10.3. The number of hydrogen-bond donors (Lipinski definition) is 0. The molecule has 9 heavy (non-hydrogen) atoms. The third-order valence-electron chi connectivity index (χ3n) is 1.18. The summed E-state index contributed by atoms with van der Waals surface area (Å²) in [6.07, 6.45) is 4.99. The molecule has 0 aromatic carbocycles. The van der Waals surface area contributed by atoms with E-state index in [0.29, 0.717) is 0 Å². The molecule has 52 valence electrons. The summed E-state index contributed by atoms with van der Waals surface area (Å²) in [4.78, 5) is 0. The van der Waals surface area contributed by atoms with Crippen LogP contribution < -0.4 is 0 Å². The number of alkyl halides is 1. The molecule has 0 spiro atoms. The maximum absolute atomic E-state index is 5.29. The van der Waals surface area contributed by atoms with Crippen LogP contribution in [0, 0.1) is 0 Å². The van der Waals surface area contributed by atoms with E-state index < -0.39 is 3.79 Å². The second-order valence-corrected chi connectivity index (χ2v) is 3.33. The Kier molecular flexibility index (Phi) is 2.49. The summed E-state index contributed by atoms with van der Waals surface area (Å²) in [7, 11) is 1.64. The van der Waals surface area contributed by atoms with Gasteiger partial charge in [-0.1, -0.05) is 6.08 Å². The molecule has 3 heteroatoms. The summed E-state index contributed by atoms with van der Waals surface area (Å²) < 4.78 is 9.86. The van der Waals surface area contributed by atoms with Crippen LogP contribution in [0.3, 0.4) is 0 Å². The monoisotopic (exact) mass is 240 g/mol. The van der Waals surface area contributed by atoms with Gasteiger partial charge in [-0.05, 0) is 35.1 Å². The third kappa shape index (κ3) is 1.91. The molecule has 0 saturated heterocycles. The largest absolute Gasteiger partial charge is 0.342 e. The van der Waals surface area contributed by atoms with Crippen LogP contribution in [-0.4, -0.2) is 17.5 Å². The van der Waals surface area contributed by atoms with Crippen molar-refractivity contribution in [1.29, 1.82) is 0 Å². The first-order valence-electron chi connectivity index (χ1n) is 2.82. The molecular formula is C6H9IO2. The van der Waals surface area contributed by atoms with E-state index in [0.717, 1.165) is 13.0 Å². The van der Waals surface area contributed by atoms with Crippen molar-refractivity contribution in [3.63, 3.8) is 0 Å². The summed E-state index contributed by atoms with van der Waals surface area (Å²) in [5.74, 6) is 0. The molecule has 0 saturated carbocycles. The smallest absolute Gasteiger partial charge is 0.241 e. The maximum atomic E-state index is 5.29. The van der Waals surface area contributed by atoms with Gasteiger partial charge in [-0.15, -0.1) is 0 Å². The van der Waals surface area contributed by atoms with Crippen molar-refractivity contribution >= 4 is 22.6 Å². The molecule has 0 amide bonds. The highest BCUT2D eigenvalue weighted by atomic mass is 127. The van der Waals surface area contributed by atoms with Crippen molar-refractivity contribution in [1.82, 2.24) is 0 Å². The quantitative estimate of drug-likeness (QED) is 0.394. The molecule has 1 rings (SSSR count). The molecule has 0 aliphatic carbocycles. The summed E-state index contributed by atoms with van der Waals surface area (Å²) in [6.45, 7) is 0.757. The van der Waals surface area contributed by atoms with Crippen LogP contribution in [0.2, 0.25) is 0 Å². The molecule has 1 atom stereocenters. The molecular weight excluding hydrogens is 231 g/mol. The third-order valence-corrected chi connectivity index (χ3v) is 2.29. The van der Waals surface area contributed by atoms with Crippen molar-refractivity contribution < 1.29 is 9.47 Å². The van der Waals surface area contributed by atoms with E-state index in [4.69, 9.17) is 9.47 Å². The van der Waals surface area contributed by atoms with Gasteiger partial charge in [0.2, 0.25) is 3.79 Å². The molecule has 1 unspecified atom stereocenters. The number of methoxy groups -OCH3 is 1. The Balaban J connectivity index is 2.56. The Morgan fingerprint density at radius 1 is 1.78 bits per heavy atom. The highest BCUT2D eigenvalue weighted by molar-refractivity contribution is 14.1. The van der Waals surface area contributed by atoms with Crippen molar-refractivity contribution in [2.75, 3.05) is 13.7 Å². The fourth-order valence-electron chi connectivity index (χ4n) is 0.665. The van der Waals surface area contributed by atoms with Gasteiger partial charge in [-0.3, -0.25) is 0 Å². The van der Waals surface area contributed by atoms with E-state index in [2.05, 4.69) is 28.7 Å². The van der Waals surface area contributed by atoms with E-state index in [9.17, 15) is 0 Å². The molecule has 0 radical (unpaired) electrons. The van der Waals surface area contributed by atoms with Crippen LogP contribution in [0.5, 0.6) is 0 Å². The van der Waals surface area contributed by atoms with Gasteiger partial charge in [-0.25, -0.2) is 0 Å². The van der Waals surface area contributed by atoms with E-state index in [1.54, 1.807) is 7.11 Å². The van der Waals surface area contributed by atoms with Gasteiger partial charge in [-0.2, -0.15) is 0 Å². The molecule has 0 bridgehead atoms. The van der Waals surface area contributed by atoms with Gasteiger partial charge in [0.25, 0.3) is 0 Å². The zero-order chi connectivity index (χ0) is 6.74. The second-order valence-electron chi connectivity index (χ2n) is 1.83. The Hall–Kier alpha value is 0.390. The van der Waals surface area contributed by atoms with Crippen molar-refractivity contribution in [2.45, 2.75) is 10.2 Å². The van der Waals surface area contributed by atoms with Crippen LogP contribution >= 0.6 is 22.6 Å². The van der Waals surface area contributed by atoms with E-state index in [-0.39, 0.29) is 0 Å². The summed E-state index contributed by atoms with van der Waals surface area (Å²) in [5, 5.41) is 0. The van der Waals surface area contributed by atoms with Gasteiger partial charge in [0.1, 0.15) is 0 Å². The predicted octanol–water partition coefficient (Wildman–Crippen LogP) is 1.70. The molecule has 0 fully saturated rings. The summed E-state index contributed by atoms with van der Waals surface area (Å²) >= 11 is 2.12. The van der Waals surface area contributed by atoms with Crippen molar-refractivity contribution in [3.05, 3.63) is 12.2 Å². The van der Waals surface area contributed by atoms with Gasteiger partial charge in [0.05, 0.1) is 6.61 Å². The second kappa shape index (κ2) is 2.98. The first-order valence-corrected chi connectivity index (χ1v) is 3.90. The zero-order valence-electron chi connectivity index (χ0n) is 5.26. The summed E-state index contributed by atoms with van der Waals surface area (Å²) in [5.41, 5.74) is 0. The van der Waals surface area contributed by atoms with E-state index >= 15 is 0 Å². The van der Waals surface area contributed by atoms with Crippen LogP contribution in [-0.2, 0) is 9.47 Å². The van der Waals surface area contributed by atoms with Gasteiger partial charge in [0.15, 0.2) is 0 Å². The minimum Gasteiger partial charge on any atom is -0.342 e.